The summed E-state index contributed by atoms with van der Waals surface area (Å²) in [4.78, 5) is 13.2. The van der Waals surface area contributed by atoms with Gasteiger partial charge in [0.25, 0.3) is 0 Å². The monoisotopic (exact) mass is 1120 g/mol. The average molecular weight is 1120 g/mol. The summed E-state index contributed by atoms with van der Waals surface area (Å²) >= 11 is 0. The zero-order valence-corrected chi connectivity index (χ0v) is 46.4. The molecule has 0 aromatic carbocycles. The van der Waals surface area contributed by atoms with E-state index in [0.717, 1.165) is 32.8 Å². The molecule has 23 nitrogen and oxygen atoms in total. The maximum Gasteiger partial charge on any atom is 0.337 e. The zero-order valence-electron chi connectivity index (χ0n) is 46.4. The standard InChI is InChI=1S/C55H90O23/c1-23-32(59)35(62)40(67)46(71-23)75-31-19-50(3,21-57)18-26-25-10-11-29-52(5)14-13-30(53(6,22-58)28(52)12-15-55(29,8)54(25,7)17-16-51(26,31)4)74-49-44(39(66)38(65)42(76-49)45(69)70-9)78-48-43(37(64)34(61)27(20-56)73-48)77-47-41(68)36(63)33(60)24(2)72-47/h10,23-24,26-44,46-49,56-68H,11-22H2,1-9H3. The first kappa shape index (κ1) is 60.9. The van der Waals surface area contributed by atoms with E-state index >= 15 is 0 Å². The highest BCUT2D eigenvalue weighted by Gasteiger charge is 2.70. The molecule has 8 fully saturated rings. The molecule has 23 heteroatoms. The van der Waals surface area contributed by atoms with E-state index in [1.807, 2.05) is 6.92 Å². The Kier molecular flexibility index (Phi) is 17.3. The van der Waals surface area contributed by atoms with Crippen molar-refractivity contribution < 1.29 is 114 Å². The molecule has 4 saturated carbocycles. The van der Waals surface area contributed by atoms with Crippen LogP contribution < -0.4 is 0 Å². The molecule has 0 aromatic rings. The van der Waals surface area contributed by atoms with Crippen LogP contribution in [-0.2, 0) is 47.4 Å². The van der Waals surface area contributed by atoms with Crippen LogP contribution in [-0.4, -0.2) is 234 Å². The summed E-state index contributed by atoms with van der Waals surface area (Å²) < 4.78 is 54.5. The van der Waals surface area contributed by atoms with Crippen LogP contribution in [0.15, 0.2) is 11.6 Å². The fourth-order valence-electron chi connectivity index (χ4n) is 16.7. The molecular formula is C55H90O23. The Labute approximate surface area is 455 Å². The normalized spacial score (nSPS) is 56.3. The van der Waals surface area contributed by atoms with Crippen molar-refractivity contribution in [2.75, 3.05) is 26.9 Å². The lowest BCUT2D eigenvalue weighted by atomic mass is 9.33. The van der Waals surface area contributed by atoms with E-state index in [-0.39, 0.29) is 47.2 Å². The van der Waals surface area contributed by atoms with Crippen molar-refractivity contribution >= 4 is 5.97 Å². The van der Waals surface area contributed by atoms with Gasteiger partial charge in [0, 0.05) is 17.4 Å². The van der Waals surface area contributed by atoms with Crippen LogP contribution in [0, 0.1) is 50.2 Å². The van der Waals surface area contributed by atoms with Crippen LogP contribution in [0.2, 0.25) is 0 Å². The molecule has 0 spiro atoms. The van der Waals surface area contributed by atoms with Gasteiger partial charge in [0.15, 0.2) is 31.3 Å². The summed E-state index contributed by atoms with van der Waals surface area (Å²) in [6.45, 7) is 15.1. The lowest BCUT2D eigenvalue weighted by Gasteiger charge is -2.72. The number of carbonyl (C=O) groups excluding carboxylic acids is 1. The van der Waals surface area contributed by atoms with Crippen molar-refractivity contribution in [2.45, 2.75) is 248 Å². The number of hydrogen-bond donors (Lipinski definition) is 13. The third-order valence-corrected chi connectivity index (χ3v) is 22.0. The molecule has 13 N–H and O–H groups in total. The summed E-state index contributed by atoms with van der Waals surface area (Å²) in [6, 6.07) is 0. The maximum atomic E-state index is 13.2. The molecule has 9 rings (SSSR count). The molecular weight excluding hydrogens is 1030 g/mol. The Morgan fingerprint density at radius 1 is 0.564 bits per heavy atom. The Hall–Kier alpha value is -1.63. The van der Waals surface area contributed by atoms with Gasteiger partial charge in [-0.05, 0) is 111 Å². The summed E-state index contributed by atoms with van der Waals surface area (Å²) in [5, 5.41) is 143. The molecule has 0 bridgehead atoms. The molecule has 31 atom stereocenters. The summed E-state index contributed by atoms with van der Waals surface area (Å²) in [5.41, 5.74) is -1.54. The van der Waals surface area contributed by atoms with Crippen LogP contribution in [0.5, 0.6) is 0 Å². The third-order valence-electron chi connectivity index (χ3n) is 22.0. The van der Waals surface area contributed by atoms with Gasteiger partial charge in [-0.15, -0.1) is 0 Å². The highest BCUT2D eigenvalue weighted by Crippen LogP contribution is 2.76. The van der Waals surface area contributed by atoms with Crippen molar-refractivity contribution in [3.63, 3.8) is 0 Å². The van der Waals surface area contributed by atoms with Gasteiger partial charge in [0.1, 0.15) is 79.4 Å². The Morgan fingerprint density at radius 2 is 1.13 bits per heavy atom. The third kappa shape index (κ3) is 9.68. The van der Waals surface area contributed by atoms with Crippen molar-refractivity contribution in [1.29, 1.82) is 0 Å². The largest absolute Gasteiger partial charge is 0.467 e. The first-order valence-electron chi connectivity index (χ1n) is 28.2. The molecule has 0 amide bonds. The van der Waals surface area contributed by atoms with Crippen molar-refractivity contribution in [1.82, 2.24) is 0 Å². The second-order valence-electron chi connectivity index (χ2n) is 26.4. The van der Waals surface area contributed by atoms with Gasteiger partial charge in [-0.3, -0.25) is 0 Å². The lowest BCUT2D eigenvalue weighted by molar-refractivity contribution is -0.396. The van der Waals surface area contributed by atoms with Crippen LogP contribution in [0.1, 0.15) is 113 Å². The predicted molar refractivity (Wildman–Crippen MR) is 268 cm³/mol. The minimum absolute atomic E-state index is 0.00850. The molecule has 0 aromatic heterocycles. The van der Waals surface area contributed by atoms with Gasteiger partial charge in [-0.2, -0.15) is 0 Å². The summed E-state index contributed by atoms with van der Waals surface area (Å²) in [5.74, 6) is -1.08. The average Bonchev–Trinajstić information content (AvgIpc) is 3.40. The van der Waals surface area contributed by atoms with E-state index < -0.39 is 164 Å². The number of ether oxygens (including phenoxy) is 9. The molecule has 0 radical (unpaired) electrons. The minimum Gasteiger partial charge on any atom is -0.467 e. The van der Waals surface area contributed by atoms with Crippen molar-refractivity contribution in [2.24, 2.45) is 50.2 Å². The first-order valence-corrected chi connectivity index (χ1v) is 28.2. The number of rotatable bonds is 12. The van der Waals surface area contributed by atoms with Crippen molar-refractivity contribution in [3.8, 4) is 0 Å². The van der Waals surface area contributed by atoms with E-state index in [2.05, 4.69) is 40.7 Å². The Morgan fingerprint density at radius 3 is 1.71 bits per heavy atom. The highest BCUT2D eigenvalue weighted by atomic mass is 16.8. The van der Waals surface area contributed by atoms with E-state index in [1.54, 1.807) is 6.92 Å². The molecule has 4 saturated heterocycles. The maximum absolute atomic E-state index is 13.2. The zero-order chi connectivity index (χ0) is 57.1. The SMILES string of the molecule is COC(=O)C1OC(OC2CCC3(C)C(CCC4(C)C3CC=C3C5CC(C)(CO)CC(OC6OC(C)C(O)C(O)C6O)C5(C)CCC34C)C2(C)CO)C(OC2OC(CO)C(O)C(O)C2OC2OC(C)C(O)C(O)C2O)C(O)C1O. The number of fused-ring (bicyclic) bond motifs is 7. The van der Waals surface area contributed by atoms with E-state index in [1.165, 1.54) is 12.5 Å². The topological polar surface area (TPSA) is 363 Å². The van der Waals surface area contributed by atoms with E-state index in [0.29, 0.717) is 32.1 Å². The molecule has 78 heavy (non-hydrogen) atoms. The van der Waals surface area contributed by atoms with Crippen LogP contribution in [0.4, 0.5) is 0 Å². The number of methoxy groups -OCH3 is 1. The second-order valence-corrected chi connectivity index (χ2v) is 26.4. The fourth-order valence-corrected chi connectivity index (χ4v) is 16.7. The van der Waals surface area contributed by atoms with Gasteiger partial charge >= 0.3 is 5.97 Å². The minimum atomic E-state index is -1.99. The molecule has 4 heterocycles. The molecule has 31 unspecified atom stereocenters. The quantitative estimate of drug-likeness (QED) is 0.0608. The van der Waals surface area contributed by atoms with Gasteiger partial charge < -0.3 is 109 Å². The molecule has 4 aliphatic heterocycles. The van der Waals surface area contributed by atoms with Gasteiger partial charge in [0.05, 0.1) is 44.7 Å². The first-order chi connectivity index (χ1) is 36.5. The van der Waals surface area contributed by atoms with Crippen LogP contribution in [0.25, 0.3) is 0 Å². The predicted octanol–water partition coefficient (Wildman–Crippen LogP) is -1.38. The Balaban J connectivity index is 0.991. The molecule has 9 aliphatic rings. The lowest BCUT2D eigenvalue weighted by Crippen LogP contribution is -2.68. The second kappa shape index (κ2) is 22.1. The van der Waals surface area contributed by atoms with Crippen LogP contribution >= 0.6 is 0 Å². The van der Waals surface area contributed by atoms with Gasteiger partial charge in [-0.1, -0.05) is 53.2 Å². The van der Waals surface area contributed by atoms with Gasteiger partial charge in [0.2, 0.25) is 0 Å². The van der Waals surface area contributed by atoms with Gasteiger partial charge in [-0.25, -0.2) is 4.79 Å². The number of aliphatic hydroxyl groups excluding tert-OH is 13. The summed E-state index contributed by atoms with van der Waals surface area (Å²) in [6.07, 6.45) is -25.1. The van der Waals surface area contributed by atoms with E-state index in [9.17, 15) is 71.2 Å². The summed E-state index contributed by atoms with van der Waals surface area (Å²) in [7, 11) is 1.07. The highest BCUT2D eigenvalue weighted by molar-refractivity contribution is 5.75. The van der Waals surface area contributed by atoms with Crippen LogP contribution in [0.3, 0.4) is 0 Å². The number of hydrogen-bond acceptors (Lipinski definition) is 23. The molecule has 5 aliphatic carbocycles. The number of aliphatic hydroxyl groups is 13. The number of allylic oxidation sites excluding steroid dienone is 2. The smallest absolute Gasteiger partial charge is 0.337 e. The fraction of sp³-hybridized carbons (Fsp3) is 0.945. The van der Waals surface area contributed by atoms with E-state index in [4.69, 9.17) is 42.6 Å². The number of carbonyl (C=O) groups is 1. The number of esters is 1. The van der Waals surface area contributed by atoms with Crippen molar-refractivity contribution in [3.05, 3.63) is 11.6 Å². The Bertz CT molecular complexity index is 2160. The molecule has 448 valence electrons.